The number of ether oxygens (including phenoxy) is 1. The Bertz CT molecular complexity index is 414. The third-order valence-corrected chi connectivity index (χ3v) is 5.19. The minimum atomic E-state index is -0.377. The van der Waals surface area contributed by atoms with Crippen LogP contribution in [0.25, 0.3) is 0 Å². The first-order valence-electron chi connectivity index (χ1n) is 6.65. The summed E-state index contributed by atoms with van der Waals surface area (Å²) in [5, 5.41) is 2.10. The van der Waals surface area contributed by atoms with E-state index in [1.54, 1.807) is 11.3 Å². The summed E-state index contributed by atoms with van der Waals surface area (Å²) in [4.78, 5) is 15.9. The molecule has 2 heterocycles. The average molecular weight is 299 g/mol. The summed E-state index contributed by atoms with van der Waals surface area (Å²) in [5.74, 6) is -0.0262. The minimum absolute atomic E-state index is 0.0262. The molecule has 0 saturated carbocycles. The van der Waals surface area contributed by atoms with Crippen LogP contribution in [0.4, 0.5) is 0 Å². The second kappa shape index (κ2) is 6.34. The normalized spacial score (nSPS) is 22.6. The van der Waals surface area contributed by atoms with E-state index >= 15 is 0 Å². The van der Waals surface area contributed by atoms with Gasteiger partial charge in [0.15, 0.2) is 0 Å². The standard InChI is InChI=1S/C14H22NO2PS/c1-14(2,3)17-13(16)12-10-15(6-7-18-12)9-11-5-4-8-19-11/h4-5,8,12,18H,6-7,9-10H2,1-3H3. The maximum absolute atomic E-state index is 12.1. The second-order valence-corrected chi connectivity index (χ2v) is 8.49. The Morgan fingerprint density at radius 2 is 2.37 bits per heavy atom. The molecule has 1 aromatic rings. The van der Waals surface area contributed by atoms with E-state index in [1.807, 2.05) is 20.8 Å². The number of hydrogen-bond donors (Lipinski definition) is 0. The summed E-state index contributed by atoms with van der Waals surface area (Å²) in [6.45, 7) is 8.68. The van der Waals surface area contributed by atoms with Crippen molar-refractivity contribution < 1.29 is 9.53 Å². The van der Waals surface area contributed by atoms with Gasteiger partial charge in [-0.25, -0.2) is 0 Å². The third-order valence-electron chi connectivity index (χ3n) is 2.91. The van der Waals surface area contributed by atoms with E-state index in [-0.39, 0.29) is 17.2 Å². The van der Waals surface area contributed by atoms with Crippen molar-refractivity contribution in [2.45, 2.75) is 38.6 Å². The number of thiophene rings is 1. The van der Waals surface area contributed by atoms with Gasteiger partial charge in [0.05, 0.1) is 5.66 Å². The fourth-order valence-corrected chi connectivity index (χ4v) is 4.26. The molecule has 19 heavy (non-hydrogen) atoms. The molecule has 1 fully saturated rings. The zero-order valence-corrected chi connectivity index (χ0v) is 13.6. The highest BCUT2D eigenvalue weighted by Crippen LogP contribution is 2.28. The van der Waals surface area contributed by atoms with Crippen molar-refractivity contribution in [3.63, 3.8) is 0 Å². The molecule has 2 rings (SSSR count). The van der Waals surface area contributed by atoms with Crippen LogP contribution in [0.15, 0.2) is 17.5 Å². The highest BCUT2D eigenvalue weighted by Gasteiger charge is 2.29. The summed E-state index contributed by atoms with van der Waals surface area (Å²) < 4.78 is 5.50. The Hall–Kier alpha value is -0.440. The molecule has 1 aromatic heterocycles. The first-order chi connectivity index (χ1) is 8.94. The largest absolute Gasteiger partial charge is 0.459 e. The smallest absolute Gasteiger partial charge is 0.314 e. The van der Waals surface area contributed by atoms with Gasteiger partial charge >= 0.3 is 5.97 Å². The zero-order chi connectivity index (χ0) is 13.9. The van der Waals surface area contributed by atoms with Gasteiger partial charge in [-0.2, -0.15) is 0 Å². The van der Waals surface area contributed by atoms with Crippen molar-refractivity contribution in [2.75, 3.05) is 19.3 Å². The fraction of sp³-hybridized carbons (Fsp3) is 0.643. The SMILES string of the molecule is CC(C)(C)OC(=O)C1CN(Cc2cccs2)CCP1. The Labute approximate surface area is 121 Å². The summed E-state index contributed by atoms with van der Waals surface area (Å²) in [6.07, 6.45) is 1.11. The van der Waals surface area contributed by atoms with Crippen LogP contribution in [0.1, 0.15) is 25.6 Å². The topological polar surface area (TPSA) is 29.5 Å². The van der Waals surface area contributed by atoms with E-state index in [2.05, 4.69) is 22.4 Å². The maximum atomic E-state index is 12.1. The Morgan fingerprint density at radius 3 is 3.00 bits per heavy atom. The highest BCUT2D eigenvalue weighted by atomic mass is 32.1. The van der Waals surface area contributed by atoms with Gasteiger partial charge in [-0.05, 0) is 38.4 Å². The van der Waals surface area contributed by atoms with Gasteiger partial charge in [0.25, 0.3) is 0 Å². The summed E-state index contributed by atoms with van der Waals surface area (Å²) in [5.41, 5.74) is -0.314. The molecule has 0 N–H and O–H groups in total. The molecule has 1 aliphatic heterocycles. The molecule has 0 aromatic carbocycles. The summed E-state index contributed by atoms with van der Waals surface area (Å²) in [7, 11) is 0.700. The molecular formula is C14H22NO2PS. The lowest BCUT2D eigenvalue weighted by Crippen LogP contribution is -2.42. The molecular weight excluding hydrogens is 277 g/mol. The van der Waals surface area contributed by atoms with Crippen LogP contribution in [0.5, 0.6) is 0 Å². The van der Waals surface area contributed by atoms with Gasteiger partial charge in [-0.3, -0.25) is 9.69 Å². The van der Waals surface area contributed by atoms with Crippen LogP contribution in [-0.4, -0.2) is 41.4 Å². The average Bonchev–Trinajstić information content (AvgIpc) is 2.80. The molecule has 0 aliphatic carbocycles. The van der Waals surface area contributed by atoms with Crippen molar-refractivity contribution in [3.05, 3.63) is 22.4 Å². The van der Waals surface area contributed by atoms with Crippen LogP contribution >= 0.6 is 19.9 Å². The number of rotatable bonds is 3. The highest BCUT2D eigenvalue weighted by molar-refractivity contribution is 7.40. The van der Waals surface area contributed by atoms with Crippen molar-refractivity contribution >= 4 is 25.9 Å². The van der Waals surface area contributed by atoms with Crippen LogP contribution in [0.3, 0.4) is 0 Å². The lowest BCUT2D eigenvalue weighted by atomic mass is 10.2. The first kappa shape index (κ1) is 15.0. The van der Waals surface area contributed by atoms with Gasteiger partial charge in [-0.15, -0.1) is 19.9 Å². The Balaban J connectivity index is 1.88. The molecule has 2 unspecified atom stereocenters. The van der Waals surface area contributed by atoms with Crippen molar-refractivity contribution in [2.24, 2.45) is 0 Å². The molecule has 0 amide bonds. The zero-order valence-electron chi connectivity index (χ0n) is 11.8. The Morgan fingerprint density at radius 1 is 1.58 bits per heavy atom. The Kier molecular flexibility index (Phi) is 4.99. The monoisotopic (exact) mass is 299 g/mol. The van der Waals surface area contributed by atoms with Gasteiger partial charge in [0.2, 0.25) is 0 Å². The van der Waals surface area contributed by atoms with Crippen molar-refractivity contribution in [3.8, 4) is 0 Å². The molecule has 0 radical (unpaired) electrons. The van der Waals surface area contributed by atoms with E-state index < -0.39 is 0 Å². The van der Waals surface area contributed by atoms with Gasteiger partial charge in [-0.1, -0.05) is 6.07 Å². The van der Waals surface area contributed by atoms with E-state index in [0.29, 0.717) is 8.58 Å². The number of carbonyl (C=O) groups is 1. The summed E-state index contributed by atoms with van der Waals surface area (Å²) >= 11 is 1.78. The summed E-state index contributed by atoms with van der Waals surface area (Å²) in [6, 6.07) is 4.24. The minimum Gasteiger partial charge on any atom is -0.459 e. The van der Waals surface area contributed by atoms with Gasteiger partial charge < -0.3 is 4.74 Å². The van der Waals surface area contributed by atoms with E-state index in [4.69, 9.17) is 4.74 Å². The van der Waals surface area contributed by atoms with Gasteiger partial charge in [0.1, 0.15) is 5.60 Å². The molecule has 1 aliphatic rings. The van der Waals surface area contributed by atoms with E-state index in [9.17, 15) is 4.79 Å². The molecule has 5 heteroatoms. The van der Waals surface area contributed by atoms with Crippen LogP contribution in [-0.2, 0) is 16.1 Å². The number of carbonyl (C=O) groups excluding carboxylic acids is 1. The van der Waals surface area contributed by atoms with E-state index in [0.717, 1.165) is 25.8 Å². The predicted molar refractivity (Wildman–Crippen MR) is 82.4 cm³/mol. The van der Waals surface area contributed by atoms with Gasteiger partial charge in [0, 0.05) is 24.5 Å². The maximum Gasteiger partial charge on any atom is 0.314 e. The van der Waals surface area contributed by atoms with Crippen LogP contribution in [0.2, 0.25) is 0 Å². The molecule has 106 valence electrons. The fourth-order valence-electron chi connectivity index (χ4n) is 2.11. The molecule has 0 bridgehead atoms. The molecule has 0 spiro atoms. The number of nitrogens with zero attached hydrogens (tertiary/aromatic N) is 1. The third kappa shape index (κ3) is 4.87. The molecule has 1 saturated heterocycles. The quantitative estimate of drug-likeness (QED) is 0.635. The van der Waals surface area contributed by atoms with Crippen LogP contribution in [0, 0.1) is 0 Å². The predicted octanol–water partition coefficient (Wildman–Crippen LogP) is 2.95. The first-order valence-corrected chi connectivity index (χ1v) is 8.81. The van der Waals surface area contributed by atoms with Crippen molar-refractivity contribution in [1.82, 2.24) is 4.90 Å². The van der Waals surface area contributed by atoms with E-state index in [1.165, 1.54) is 4.88 Å². The lowest BCUT2D eigenvalue weighted by molar-refractivity contribution is -0.154. The molecule has 2 atom stereocenters. The second-order valence-electron chi connectivity index (χ2n) is 5.85. The van der Waals surface area contributed by atoms with Crippen LogP contribution < -0.4 is 0 Å². The lowest BCUT2D eigenvalue weighted by Gasteiger charge is -2.32. The number of hydrogen-bond acceptors (Lipinski definition) is 4. The molecule has 3 nitrogen and oxygen atoms in total. The number of esters is 1. The van der Waals surface area contributed by atoms with Crippen molar-refractivity contribution in [1.29, 1.82) is 0 Å².